The molecule has 1 saturated heterocycles. The molecule has 3 aliphatic rings. The van der Waals surface area contributed by atoms with Crippen LogP contribution in [0.25, 0.3) is 0 Å². The molecule has 0 radical (unpaired) electrons. The molecule has 2 fully saturated rings. The van der Waals surface area contributed by atoms with E-state index in [1.807, 2.05) is 17.4 Å². The lowest BCUT2D eigenvalue weighted by Crippen LogP contribution is -2.41. The Balaban J connectivity index is 1.30. The Morgan fingerprint density at radius 2 is 1.96 bits per heavy atom. The van der Waals surface area contributed by atoms with Crippen LogP contribution in [0, 0.1) is 5.92 Å². The minimum absolute atomic E-state index is 0.142. The van der Waals surface area contributed by atoms with Crippen molar-refractivity contribution < 1.29 is 9.53 Å². The normalized spacial score (nSPS) is 24.8. The third-order valence-electron chi connectivity index (χ3n) is 6.23. The molecule has 1 saturated carbocycles. The standard InChI is InChI=1S/C20H32N4O2/c25-20(23-8-4-5-9-23)15-26-14-19-13-22(11-17-6-2-1-3-7-17)12-18-10-21-16-24(18)19/h10,16-17,19H,1-9,11-15H2. The van der Waals surface area contributed by atoms with Crippen LogP contribution in [0.15, 0.2) is 12.5 Å². The molecule has 0 spiro atoms. The van der Waals surface area contributed by atoms with E-state index >= 15 is 0 Å². The summed E-state index contributed by atoms with van der Waals surface area (Å²) in [5, 5.41) is 0. The first-order valence-electron chi connectivity index (χ1n) is 10.4. The molecule has 1 aliphatic carbocycles. The van der Waals surface area contributed by atoms with E-state index in [-0.39, 0.29) is 18.6 Å². The van der Waals surface area contributed by atoms with Crippen LogP contribution in [0.2, 0.25) is 0 Å². The van der Waals surface area contributed by atoms with E-state index in [0.717, 1.165) is 44.9 Å². The number of aromatic nitrogens is 2. The Morgan fingerprint density at radius 3 is 2.77 bits per heavy atom. The highest BCUT2D eigenvalue weighted by Crippen LogP contribution is 2.28. The van der Waals surface area contributed by atoms with Gasteiger partial charge in [0, 0.05) is 38.9 Å². The van der Waals surface area contributed by atoms with Gasteiger partial charge in [-0.3, -0.25) is 9.69 Å². The van der Waals surface area contributed by atoms with Crippen LogP contribution in [-0.4, -0.2) is 64.7 Å². The lowest BCUT2D eigenvalue weighted by Gasteiger charge is -2.37. The molecular formula is C20H32N4O2. The number of hydrogen-bond acceptors (Lipinski definition) is 4. The molecule has 1 unspecified atom stereocenters. The molecule has 6 heteroatoms. The van der Waals surface area contributed by atoms with Gasteiger partial charge in [-0.15, -0.1) is 0 Å². The number of imidazole rings is 1. The average Bonchev–Trinajstić information content (AvgIpc) is 3.34. The van der Waals surface area contributed by atoms with E-state index in [1.165, 1.54) is 44.3 Å². The maximum absolute atomic E-state index is 12.2. The molecular weight excluding hydrogens is 328 g/mol. The van der Waals surface area contributed by atoms with Gasteiger partial charge in [0.2, 0.25) is 5.91 Å². The van der Waals surface area contributed by atoms with Gasteiger partial charge in [0.15, 0.2) is 0 Å². The van der Waals surface area contributed by atoms with Crippen molar-refractivity contribution in [3.05, 3.63) is 18.2 Å². The molecule has 2 aliphatic heterocycles. The molecule has 0 bridgehead atoms. The zero-order valence-corrected chi connectivity index (χ0v) is 15.8. The fourth-order valence-corrected chi connectivity index (χ4v) is 4.81. The number of hydrogen-bond donors (Lipinski definition) is 0. The summed E-state index contributed by atoms with van der Waals surface area (Å²) in [6.07, 6.45) is 13.1. The molecule has 4 rings (SSSR count). The predicted molar refractivity (Wildman–Crippen MR) is 99.7 cm³/mol. The summed E-state index contributed by atoms with van der Waals surface area (Å²) in [5.74, 6) is 0.986. The highest BCUT2D eigenvalue weighted by atomic mass is 16.5. The summed E-state index contributed by atoms with van der Waals surface area (Å²) in [5.41, 5.74) is 1.27. The lowest BCUT2D eigenvalue weighted by molar-refractivity contribution is -0.135. The van der Waals surface area contributed by atoms with Gasteiger partial charge in [0.05, 0.1) is 24.7 Å². The van der Waals surface area contributed by atoms with Crippen LogP contribution in [0.3, 0.4) is 0 Å². The van der Waals surface area contributed by atoms with Crippen LogP contribution in [0.4, 0.5) is 0 Å². The van der Waals surface area contributed by atoms with Crippen molar-refractivity contribution in [2.45, 2.75) is 57.5 Å². The zero-order valence-electron chi connectivity index (χ0n) is 15.8. The summed E-state index contributed by atoms with van der Waals surface area (Å²) < 4.78 is 8.09. The Labute approximate surface area is 156 Å². The third-order valence-corrected chi connectivity index (χ3v) is 6.23. The highest BCUT2D eigenvalue weighted by Gasteiger charge is 2.28. The van der Waals surface area contributed by atoms with E-state index in [2.05, 4.69) is 14.5 Å². The molecule has 3 heterocycles. The van der Waals surface area contributed by atoms with Crippen molar-refractivity contribution in [2.24, 2.45) is 5.92 Å². The molecule has 144 valence electrons. The van der Waals surface area contributed by atoms with Gasteiger partial charge in [-0.05, 0) is 31.6 Å². The smallest absolute Gasteiger partial charge is 0.248 e. The van der Waals surface area contributed by atoms with Gasteiger partial charge in [0.25, 0.3) is 0 Å². The number of likely N-dealkylation sites (tertiary alicyclic amines) is 1. The van der Waals surface area contributed by atoms with Crippen LogP contribution in [0.5, 0.6) is 0 Å². The van der Waals surface area contributed by atoms with Gasteiger partial charge in [-0.25, -0.2) is 4.98 Å². The van der Waals surface area contributed by atoms with Crippen molar-refractivity contribution in [1.82, 2.24) is 19.4 Å². The number of carbonyl (C=O) groups excluding carboxylic acids is 1. The summed E-state index contributed by atoms with van der Waals surface area (Å²) >= 11 is 0. The molecule has 1 amide bonds. The molecule has 1 aromatic heterocycles. The molecule has 26 heavy (non-hydrogen) atoms. The Morgan fingerprint density at radius 1 is 1.15 bits per heavy atom. The van der Waals surface area contributed by atoms with Crippen molar-refractivity contribution >= 4 is 5.91 Å². The van der Waals surface area contributed by atoms with E-state index < -0.39 is 0 Å². The minimum Gasteiger partial charge on any atom is -0.369 e. The number of amides is 1. The Hall–Kier alpha value is -1.40. The first-order chi connectivity index (χ1) is 12.8. The monoisotopic (exact) mass is 360 g/mol. The van der Waals surface area contributed by atoms with Crippen molar-refractivity contribution in [2.75, 3.05) is 39.4 Å². The lowest BCUT2D eigenvalue weighted by atomic mass is 9.88. The average molecular weight is 361 g/mol. The van der Waals surface area contributed by atoms with Crippen molar-refractivity contribution in [1.29, 1.82) is 0 Å². The summed E-state index contributed by atoms with van der Waals surface area (Å²) in [4.78, 5) is 21.0. The molecule has 1 atom stereocenters. The van der Waals surface area contributed by atoms with Gasteiger partial charge >= 0.3 is 0 Å². The quantitative estimate of drug-likeness (QED) is 0.782. The van der Waals surface area contributed by atoms with E-state index in [4.69, 9.17) is 4.74 Å². The molecule has 0 N–H and O–H groups in total. The SMILES string of the molecule is O=C(COCC1CN(CC2CCCCC2)Cc2cncn21)N1CCCC1. The Kier molecular flexibility index (Phi) is 5.90. The molecule has 1 aromatic rings. The van der Waals surface area contributed by atoms with Gasteiger partial charge < -0.3 is 14.2 Å². The summed E-state index contributed by atoms with van der Waals surface area (Å²) in [6, 6.07) is 0.260. The number of rotatable bonds is 6. The van der Waals surface area contributed by atoms with Gasteiger partial charge in [-0.1, -0.05) is 19.3 Å². The minimum atomic E-state index is 0.142. The molecule has 0 aromatic carbocycles. The van der Waals surface area contributed by atoms with Crippen LogP contribution < -0.4 is 0 Å². The second-order valence-corrected chi connectivity index (χ2v) is 8.25. The van der Waals surface area contributed by atoms with Gasteiger partial charge in [0.1, 0.15) is 6.61 Å². The second-order valence-electron chi connectivity index (χ2n) is 8.25. The van der Waals surface area contributed by atoms with Crippen LogP contribution in [-0.2, 0) is 16.1 Å². The fourth-order valence-electron chi connectivity index (χ4n) is 4.81. The highest BCUT2D eigenvalue weighted by molar-refractivity contribution is 5.77. The second kappa shape index (κ2) is 8.53. The number of carbonyl (C=O) groups is 1. The van der Waals surface area contributed by atoms with Crippen LogP contribution >= 0.6 is 0 Å². The van der Waals surface area contributed by atoms with Crippen molar-refractivity contribution in [3.8, 4) is 0 Å². The van der Waals surface area contributed by atoms with Gasteiger partial charge in [-0.2, -0.15) is 0 Å². The van der Waals surface area contributed by atoms with E-state index in [1.54, 1.807) is 0 Å². The fraction of sp³-hybridized carbons (Fsp3) is 0.800. The zero-order chi connectivity index (χ0) is 17.8. The Bertz CT molecular complexity index is 590. The maximum Gasteiger partial charge on any atom is 0.248 e. The number of ether oxygens (including phenoxy) is 1. The first kappa shape index (κ1) is 18.0. The predicted octanol–water partition coefficient (Wildman–Crippen LogP) is 2.46. The number of fused-ring (bicyclic) bond motifs is 1. The van der Waals surface area contributed by atoms with E-state index in [9.17, 15) is 4.79 Å². The topological polar surface area (TPSA) is 50.6 Å². The largest absolute Gasteiger partial charge is 0.369 e. The maximum atomic E-state index is 12.2. The number of nitrogens with zero attached hydrogens (tertiary/aromatic N) is 4. The third kappa shape index (κ3) is 4.29. The van der Waals surface area contributed by atoms with Crippen LogP contribution in [0.1, 0.15) is 56.7 Å². The molecule has 6 nitrogen and oxygen atoms in total. The summed E-state index contributed by atoms with van der Waals surface area (Å²) in [7, 11) is 0. The van der Waals surface area contributed by atoms with E-state index in [0.29, 0.717) is 6.61 Å². The van der Waals surface area contributed by atoms with Crippen molar-refractivity contribution in [3.63, 3.8) is 0 Å². The first-order valence-corrected chi connectivity index (χ1v) is 10.4. The summed E-state index contributed by atoms with van der Waals surface area (Å²) in [6.45, 7) is 5.76.